The number of hydrogen-bond acceptors (Lipinski definition) is 4. The number of benzene rings is 2. The van der Waals surface area contributed by atoms with E-state index in [1.54, 1.807) is 36.4 Å². The zero-order chi connectivity index (χ0) is 18.4. The van der Waals surface area contributed by atoms with Crippen LogP contribution < -0.4 is 10.9 Å². The Morgan fingerprint density at radius 1 is 0.920 bits per heavy atom. The maximum Gasteiger partial charge on any atom is 0.269 e. The molecule has 0 aliphatic heterocycles. The van der Waals surface area contributed by atoms with Crippen LogP contribution in [0.1, 0.15) is 21.5 Å². The molecule has 0 fully saturated rings. The van der Waals surface area contributed by atoms with E-state index in [1.165, 1.54) is 12.1 Å². The van der Waals surface area contributed by atoms with Crippen LogP contribution in [0.5, 0.6) is 0 Å². The Hall–Kier alpha value is -2.38. The third kappa shape index (κ3) is 6.56. The van der Waals surface area contributed by atoms with Crippen molar-refractivity contribution in [3.05, 3.63) is 70.2 Å². The number of halogens is 1. The Balaban J connectivity index is 1.87. The van der Waals surface area contributed by atoms with E-state index in [0.29, 0.717) is 16.1 Å². The number of amides is 2. The molecule has 2 N–H and O–H groups in total. The molecular formula is C17H17ClN2O4S. The largest absolute Gasteiger partial charge is 0.273 e. The normalized spacial score (nSPS) is 11.0. The summed E-state index contributed by atoms with van der Waals surface area (Å²) >= 11 is 5.77. The smallest absolute Gasteiger partial charge is 0.269 e. The van der Waals surface area contributed by atoms with Crippen LogP contribution in [-0.4, -0.2) is 26.5 Å². The first-order chi connectivity index (χ1) is 11.7. The predicted octanol–water partition coefficient (Wildman–Crippen LogP) is 1.89. The molecule has 2 aromatic carbocycles. The van der Waals surface area contributed by atoms with E-state index in [1.807, 2.05) is 0 Å². The fraction of sp³-hybridized carbons (Fsp3) is 0.176. The molecule has 0 spiro atoms. The number of carbonyl (C=O) groups is 2. The van der Waals surface area contributed by atoms with E-state index < -0.39 is 15.7 Å². The van der Waals surface area contributed by atoms with Gasteiger partial charge in [-0.1, -0.05) is 35.9 Å². The molecule has 0 heterocycles. The Morgan fingerprint density at radius 3 is 2.04 bits per heavy atom. The van der Waals surface area contributed by atoms with Gasteiger partial charge in [0.1, 0.15) is 0 Å². The van der Waals surface area contributed by atoms with Gasteiger partial charge in [-0.25, -0.2) is 8.42 Å². The minimum absolute atomic E-state index is 0.0905. The second kappa shape index (κ2) is 8.13. The highest BCUT2D eigenvalue weighted by Gasteiger charge is 2.09. The van der Waals surface area contributed by atoms with Crippen LogP contribution in [0.2, 0.25) is 5.02 Å². The van der Waals surface area contributed by atoms with Gasteiger partial charge < -0.3 is 0 Å². The first-order valence-corrected chi connectivity index (χ1v) is 9.77. The van der Waals surface area contributed by atoms with Crippen LogP contribution in [-0.2, 0) is 26.8 Å². The summed E-state index contributed by atoms with van der Waals surface area (Å²) in [5.74, 6) is -0.952. The minimum Gasteiger partial charge on any atom is -0.273 e. The summed E-state index contributed by atoms with van der Waals surface area (Å²) in [6, 6.07) is 12.9. The quantitative estimate of drug-likeness (QED) is 0.775. The molecule has 0 radical (unpaired) electrons. The van der Waals surface area contributed by atoms with Crippen molar-refractivity contribution < 1.29 is 18.0 Å². The number of nitrogens with one attached hydrogen (secondary N) is 2. The van der Waals surface area contributed by atoms with E-state index in [-0.39, 0.29) is 18.1 Å². The van der Waals surface area contributed by atoms with Crippen molar-refractivity contribution in [3.8, 4) is 0 Å². The van der Waals surface area contributed by atoms with Gasteiger partial charge in [0, 0.05) is 16.8 Å². The summed E-state index contributed by atoms with van der Waals surface area (Å²) in [6.07, 6.45) is 1.24. The molecule has 2 aromatic rings. The van der Waals surface area contributed by atoms with Crippen LogP contribution >= 0.6 is 11.6 Å². The topological polar surface area (TPSA) is 92.3 Å². The molecule has 0 atom stereocenters. The molecule has 0 unspecified atom stereocenters. The van der Waals surface area contributed by atoms with Gasteiger partial charge in [0.15, 0.2) is 9.84 Å². The summed E-state index contributed by atoms with van der Waals surface area (Å²) in [6.45, 7) is 0. The number of carbonyl (C=O) groups excluding carboxylic acids is 2. The van der Waals surface area contributed by atoms with Gasteiger partial charge >= 0.3 is 0 Å². The lowest BCUT2D eigenvalue weighted by molar-refractivity contribution is -0.121. The summed E-state index contributed by atoms with van der Waals surface area (Å²) in [5.41, 5.74) is 6.31. The average Bonchev–Trinajstić information content (AvgIpc) is 2.54. The van der Waals surface area contributed by atoms with Crippen LogP contribution in [0.15, 0.2) is 48.5 Å². The van der Waals surface area contributed by atoms with Gasteiger partial charge in [-0.3, -0.25) is 20.4 Å². The van der Waals surface area contributed by atoms with Crippen molar-refractivity contribution in [2.24, 2.45) is 0 Å². The fourth-order valence-corrected chi connectivity index (χ4v) is 3.01. The fourth-order valence-electron chi connectivity index (χ4n) is 2.09. The van der Waals surface area contributed by atoms with Crippen molar-refractivity contribution in [1.29, 1.82) is 0 Å². The first kappa shape index (κ1) is 19.0. The van der Waals surface area contributed by atoms with Crippen molar-refractivity contribution in [2.75, 3.05) is 6.26 Å². The molecule has 132 valence electrons. The lowest BCUT2D eigenvalue weighted by Crippen LogP contribution is -2.42. The van der Waals surface area contributed by atoms with Gasteiger partial charge in [0.2, 0.25) is 5.91 Å². The van der Waals surface area contributed by atoms with Gasteiger partial charge in [0.25, 0.3) is 5.91 Å². The second-order valence-corrected chi connectivity index (χ2v) is 8.15. The van der Waals surface area contributed by atoms with Crippen molar-refractivity contribution in [2.45, 2.75) is 12.2 Å². The number of hydrogen-bond donors (Lipinski definition) is 2. The maximum absolute atomic E-state index is 12.0. The third-order valence-corrected chi connectivity index (χ3v) is 4.35. The monoisotopic (exact) mass is 380 g/mol. The van der Waals surface area contributed by atoms with Gasteiger partial charge in [-0.15, -0.1) is 0 Å². The lowest BCUT2D eigenvalue weighted by Gasteiger charge is -2.08. The van der Waals surface area contributed by atoms with E-state index >= 15 is 0 Å². The molecule has 0 aliphatic rings. The molecule has 0 saturated heterocycles. The van der Waals surface area contributed by atoms with Gasteiger partial charge in [-0.05, 0) is 35.4 Å². The van der Waals surface area contributed by atoms with E-state index in [2.05, 4.69) is 10.9 Å². The number of rotatable bonds is 5. The predicted molar refractivity (Wildman–Crippen MR) is 95.8 cm³/mol. The maximum atomic E-state index is 12.0. The third-order valence-electron chi connectivity index (χ3n) is 3.24. The van der Waals surface area contributed by atoms with Crippen LogP contribution in [0.4, 0.5) is 0 Å². The zero-order valence-corrected chi connectivity index (χ0v) is 15.0. The first-order valence-electron chi connectivity index (χ1n) is 7.33. The summed E-state index contributed by atoms with van der Waals surface area (Å²) in [5, 5.41) is 0.580. The highest BCUT2D eigenvalue weighted by molar-refractivity contribution is 7.89. The molecular weight excluding hydrogens is 364 g/mol. The van der Waals surface area contributed by atoms with Crippen molar-refractivity contribution >= 4 is 33.3 Å². The lowest BCUT2D eigenvalue weighted by atomic mass is 10.1. The molecule has 0 saturated carbocycles. The zero-order valence-electron chi connectivity index (χ0n) is 13.5. The summed E-state index contributed by atoms with van der Waals surface area (Å²) in [7, 11) is -3.13. The molecule has 0 aliphatic carbocycles. The molecule has 0 aromatic heterocycles. The Kier molecular flexibility index (Phi) is 6.17. The Morgan fingerprint density at radius 2 is 1.48 bits per heavy atom. The standard InChI is InChI=1S/C17H17ClN2O4S/c1-25(23,24)11-13-2-6-14(7-3-13)17(22)20-19-16(21)10-12-4-8-15(18)9-5-12/h2-9H,10-11H2,1H3,(H,19,21)(H,20,22). The number of sulfone groups is 1. The molecule has 0 bridgehead atoms. The van der Waals surface area contributed by atoms with E-state index in [0.717, 1.165) is 11.8 Å². The van der Waals surface area contributed by atoms with Crippen molar-refractivity contribution in [1.82, 2.24) is 10.9 Å². The van der Waals surface area contributed by atoms with Crippen LogP contribution in [0.3, 0.4) is 0 Å². The second-order valence-electron chi connectivity index (χ2n) is 5.57. The SMILES string of the molecule is CS(=O)(=O)Cc1ccc(C(=O)NNC(=O)Cc2ccc(Cl)cc2)cc1. The van der Waals surface area contributed by atoms with E-state index in [9.17, 15) is 18.0 Å². The van der Waals surface area contributed by atoms with Crippen LogP contribution in [0, 0.1) is 0 Å². The summed E-state index contributed by atoms with van der Waals surface area (Å²) in [4.78, 5) is 23.8. The molecule has 6 nitrogen and oxygen atoms in total. The van der Waals surface area contributed by atoms with Crippen LogP contribution in [0.25, 0.3) is 0 Å². The average molecular weight is 381 g/mol. The molecule has 25 heavy (non-hydrogen) atoms. The molecule has 2 rings (SSSR count). The highest BCUT2D eigenvalue weighted by Crippen LogP contribution is 2.10. The van der Waals surface area contributed by atoms with Crippen molar-refractivity contribution in [3.63, 3.8) is 0 Å². The highest BCUT2D eigenvalue weighted by atomic mass is 35.5. The summed E-state index contributed by atoms with van der Waals surface area (Å²) < 4.78 is 22.5. The molecule has 2 amide bonds. The van der Waals surface area contributed by atoms with E-state index in [4.69, 9.17) is 11.6 Å². The Labute approximate surface area is 151 Å². The minimum atomic E-state index is -3.13. The van der Waals surface area contributed by atoms with Gasteiger partial charge in [-0.2, -0.15) is 0 Å². The number of hydrazine groups is 1. The van der Waals surface area contributed by atoms with Gasteiger partial charge in [0.05, 0.1) is 12.2 Å². The Bertz CT molecular complexity index is 863. The molecule has 8 heteroatoms.